The lowest BCUT2D eigenvalue weighted by Gasteiger charge is -2.24. The number of nitrogens with one attached hydrogen (secondary N) is 2. The molecule has 0 unspecified atom stereocenters. The van der Waals surface area contributed by atoms with E-state index in [4.69, 9.17) is 0 Å². The molecule has 0 radical (unpaired) electrons. The van der Waals surface area contributed by atoms with Gasteiger partial charge in [0, 0.05) is 29.2 Å². The summed E-state index contributed by atoms with van der Waals surface area (Å²) in [5, 5.41) is 7.59. The molecule has 1 saturated heterocycles. The number of nitrogens with zero attached hydrogens (tertiary/aromatic N) is 2. The molecule has 5 heteroatoms. The molecule has 1 aliphatic heterocycles. The summed E-state index contributed by atoms with van der Waals surface area (Å²) in [4.78, 5) is 16.9. The smallest absolute Gasteiger partial charge is 0.240 e. The van der Waals surface area contributed by atoms with Gasteiger partial charge in [-0.25, -0.2) is 4.98 Å². The predicted octanol–water partition coefficient (Wildman–Crippen LogP) is 2.42. The minimum absolute atomic E-state index is 0.0673. The van der Waals surface area contributed by atoms with E-state index in [1.54, 1.807) is 6.20 Å². The van der Waals surface area contributed by atoms with E-state index in [9.17, 15) is 4.79 Å². The van der Waals surface area contributed by atoms with Crippen LogP contribution >= 0.6 is 0 Å². The molecule has 1 aliphatic rings. The van der Waals surface area contributed by atoms with E-state index in [1.807, 2.05) is 13.0 Å². The van der Waals surface area contributed by atoms with Crippen molar-refractivity contribution in [3.05, 3.63) is 30.1 Å². The lowest BCUT2D eigenvalue weighted by molar-refractivity contribution is -0.122. The van der Waals surface area contributed by atoms with Gasteiger partial charge in [-0.15, -0.1) is 0 Å². The Hall–Kier alpha value is -1.88. The molecule has 0 saturated carbocycles. The Kier molecular flexibility index (Phi) is 4.96. The predicted molar refractivity (Wildman–Crippen MR) is 92.5 cm³/mol. The maximum atomic E-state index is 12.4. The number of hydrogen-bond donors (Lipinski definition) is 2. The fraction of sp³-hybridized carbons (Fsp3) is 0.556. The molecule has 0 bridgehead atoms. The highest BCUT2D eigenvalue weighted by molar-refractivity contribution is 5.82. The summed E-state index contributed by atoms with van der Waals surface area (Å²) >= 11 is 0. The van der Waals surface area contributed by atoms with Gasteiger partial charge in [0.2, 0.25) is 5.91 Å². The monoisotopic (exact) mass is 314 g/mol. The van der Waals surface area contributed by atoms with Crippen LogP contribution in [0, 0.1) is 0 Å². The zero-order valence-electron chi connectivity index (χ0n) is 14.0. The van der Waals surface area contributed by atoms with E-state index in [0.717, 1.165) is 43.4 Å². The van der Waals surface area contributed by atoms with Gasteiger partial charge in [0.05, 0.1) is 0 Å². The van der Waals surface area contributed by atoms with Crippen molar-refractivity contribution in [2.24, 2.45) is 0 Å². The molecule has 0 spiro atoms. The van der Waals surface area contributed by atoms with Crippen LogP contribution in [0.3, 0.4) is 0 Å². The molecular weight excluding hydrogens is 288 g/mol. The number of carbonyl (C=O) groups excluding carboxylic acids is 1. The van der Waals surface area contributed by atoms with E-state index >= 15 is 0 Å². The molecular formula is C18H26N4O. The zero-order valence-corrected chi connectivity index (χ0v) is 14.0. The van der Waals surface area contributed by atoms with Gasteiger partial charge in [0.1, 0.15) is 12.2 Å². The molecule has 0 aromatic carbocycles. The van der Waals surface area contributed by atoms with Crippen molar-refractivity contribution < 1.29 is 4.79 Å². The minimum Gasteiger partial charge on any atom is -0.352 e. The van der Waals surface area contributed by atoms with E-state index < -0.39 is 0 Å². The summed E-state index contributed by atoms with van der Waals surface area (Å²) in [7, 11) is 0. The number of pyridine rings is 1. The largest absolute Gasteiger partial charge is 0.352 e. The van der Waals surface area contributed by atoms with Crippen molar-refractivity contribution in [2.75, 3.05) is 13.1 Å². The minimum atomic E-state index is 0.0673. The standard InChI is InChI=1S/C18H26N4O/c1-3-13(2)21-17(23)12-22-16(14-6-9-19-10-7-14)11-15-5-4-8-20-18(15)22/h4-5,8,11,13-14,19H,3,6-7,9-10,12H2,1-2H3,(H,21,23)/t13-/m1/s1. The number of carbonyl (C=O) groups is 1. The van der Waals surface area contributed by atoms with Crippen LogP contribution in [-0.2, 0) is 11.3 Å². The summed E-state index contributed by atoms with van der Waals surface area (Å²) in [6, 6.07) is 6.46. The highest BCUT2D eigenvalue weighted by Crippen LogP contribution is 2.30. The van der Waals surface area contributed by atoms with Crippen molar-refractivity contribution in [1.29, 1.82) is 0 Å². The molecule has 2 N–H and O–H groups in total. The molecule has 1 fully saturated rings. The van der Waals surface area contributed by atoms with E-state index in [-0.39, 0.29) is 11.9 Å². The van der Waals surface area contributed by atoms with Crippen LogP contribution < -0.4 is 10.6 Å². The van der Waals surface area contributed by atoms with Crippen molar-refractivity contribution in [3.8, 4) is 0 Å². The Morgan fingerprint density at radius 2 is 2.26 bits per heavy atom. The van der Waals surface area contributed by atoms with Crippen LogP contribution in [0.25, 0.3) is 11.0 Å². The first-order valence-electron chi connectivity index (χ1n) is 8.63. The molecule has 1 atom stereocenters. The molecule has 5 nitrogen and oxygen atoms in total. The number of fused-ring (bicyclic) bond motifs is 1. The normalized spacial score (nSPS) is 17.3. The molecule has 1 amide bonds. The van der Waals surface area contributed by atoms with Crippen LogP contribution in [0.1, 0.15) is 44.7 Å². The number of piperidine rings is 1. The first-order valence-corrected chi connectivity index (χ1v) is 8.63. The molecule has 2 aromatic rings. The van der Waals surface area contributed by atoms with Gasteiger partial charge in [0.15, 0.2) is 0 Å². The zero-order chi connectivity index (χ0) is 16.2. The van der Waals surface area contributed by atoms with E-state index in [0.29, 0.717) is 12.5 Å². The molecule has 23 heavy (non-hydrogen) atoms. The average molecular weight is 314 g/mol. The first-order chi connectivity index (χ1) is 11.2. The molecule has 3 rings (SSSR count). The number of rotatable bonds is 5. The van der Waals surface area contributed by atoms with E-state index in [1.165, 1.54) is 5.69 Å². The van der Waals surface area contributed by atoms with E-state index in [2.05, 4.69) is 39.2 Å². The van der Waals surface area contributed by atoms with Crippen LogP contribution in [0.4, 0.5) is 0 Å². The Balaban J connectivity index is 1.91. The van der Waals surface area contributed by atoms with Crippen molar-refractivity contribution >= 4 is 16.9 Å². The van der Waals surface area contributed by atoms with Gasteiger partial charge in [-0.1, -0.05) is 6.92 Å². The number of hydrogen-bond acceptors (Lipinski definition) is 3. The second-order valence-electron chi connectivity index (χ2n) is 6.47. The van der Waals surface area contributed by atoms with Crippen molar-refractivity contribution in [3.63, 3.8) is 0 Å². The Labute approximate surface area is 137 Å². The summed E-state index contributed by atoms with van der Waals surface area (Å²) in [5.74, 6) is 0.569. The van der Waals surface area contributed by atoms with Crippen molar-refractivity contribution in [1.82, 2.24) is 20.2 Å². The summed E-state index contributed by atoms with van der Waals surface area (Å²) in [5.41, 5.74) is 2.17. The molecule has 0 aliphatic carbocycles. The maximum Gasteiger partial charge on any atom is 0.240 e. The molecule has 2 aromatic heterocycles. The number of aromatic nitrogens is 2. The van der Waals surface area contributed by atoms with Crippen LogP contribution in [0.15, 0.2) is 24.4 Å². The van der Waals surface area contributed by atoms with Gasteiger partial charge < -0.3 is 15.2 Å². The van der Waals surface area contributed by atoms with Crippen molar-refractivity contribution in [2.45, 2.75) is 51.6 Å². The third-order valence-corrected chi connectivity index (χ3v) is 4.77. The quantitative estimate of drug-likeness (QED) is 0.891. The highest BCUT2D eigenvalue weighted by atomic mass is 16.2. The second kappa shape index (κ2) is 7.13. The second-order valence-corrected chi connectivity index (χ2v) is 6.47. The first kappa shape index (κ1) is 16.0. The van der Waals surface area contributed by atoms with Gasteiger partial charge in [-0.2, -0.15) is 0 Å². The third kappa shape index (κ3) is 3.55. The van der Waals surface area contributed by atoms with Crippen LogP contribution in [0.2, 0.25) is 0 Å². The average Bonchev–Trinajstić information content (AvgIpc) is 2.94. The molecule has 124 valence electrons. The molecule has 3 heterocycles. The fourth-order valence-corrected chi connectivity index (χ4v) is 3.30. The lowest BCUT2D eigenvalue weighted by atomic mass is 9.94. The van der Waals surface area contributed by atoms with Crippen LogP contribution in [0.5, 0.6) is 0 Å². The Morgan fingerprint density at radius 3 is 3.00 bits per heavy atom. The summed E-state index contributed by atoms with van der Waals surface area (Å²) in [6.07, 6.45) is 4.97. The topological polar surface area (TPSA) is 59.0 Å². The highest BCUT2D eigenvalue weighted by Gasteiger charge is 2.22. The van der Waals surface area contributed by atoms with Crippen LogP contribution in [-0.4, -0.2) is 34.6 Å². The third-order valence-electron chi connectivity index (χ3n) is 4.77. The van der Waals surface area contributed by atoms with Gasteiger partial charge >= 0.3 is 0 Å². The lowest BCUT2D eigenvalue weighted by Crippen LogP contribution is -2.35. The Bertz CT molecular complexity index is 673. The van der Waals surface area contributed by atoms with Gasteiger partial charge in [-0.3, -0.25) is 4.79 Å². The Morgan fingerprint density at radius 1 is 1.48 bits per heavy atom. The maximum absolute atomic E-state index is 12.4. The van der Waals surface area contributed by atoms with Gasteiger partial charge in [-0.05, 0) is 57.5 Å². The van der Waals surface area contributed by atoms with Gasteiger partial charge in [0.25, 0.3) is 0 Å². The number of amides is 1. The SMILES string of the molecule is CC[C@@H](C)NC(=O)Cn1c(C2CCNCC2)cc2cccnc21. The summed E-state index contributed by atoms with van der Waals surface area (Å²) in [6.45, 7) is 6.55. The summed E-state index contributed by atoms with van der Waals surface area (Å²) < 4.78 is 2.11. The fourth-order valence-electron chi connectivity index (χ4n) is 3.30.